The lowest BCUT2D eigenvalue weighted by Crippen LogP contribution is -2.23. The molecule has 0 saturated heterocycles. The first-order valence-corrected chi connectivity index (χ1v) is 7.24. The van der Waals surface area contributed by atoms with E-state index in [9.17, 15) is 0 Å². The summed E-state index contributed by atoms with van der Waals surface area (Å²) in [5.41, 5.74) is 3.90. The number of rotatable bonds is 6. The molecule has 0 radical (unpaired) electrons. The summed E-state index contributed by atoms with van der Waals surface area (Å²) >= 11 is 0. The molecular formula is C18H23NO. The van der Waals surface area contributed by atoms with Gasteiger partial charge in [0.15, 0.2) is 0 Å². The Kier molecular flexibility index (Phi) is 5.05. The van der Waals surface area contributed by atoms with Crippen LogP contribution in [0, 0.1) is 6.92 Å². The van der Waals surface area contributed by atoms with Gasteiger partial charge in [-0.2, -0.15) is 0 Å². The number of nitrogens with one attached hydrogen (secondary N) is 1. The Labute approximate surface area is 121 Å². The molecule has 1 atom stereocenters. The summed E-state index contributed by atoms with van der Waals surface area (Å²) in [6.07, 6.45) is 1.17. The van der Waals surface area contributed by atoms with Crippen molar-refractivity contribution in [3.8, 4) is 5.75 Å². The van der Waals surface area contributed by atoms with E-state index in [4.69, 9.17) is 4.74 Å². The summed E-state index contributed by atoms with van der Waals surface area (Å²) < 4.78 is 5.89. The third-order valence-electron chi connectivity index (χ3n) is 3.39. The highest BCUT2D eigenvalue weighted by Gasteiger charge is 2.07. The Balaban J connectivity index is 1.95. The van der Waals surface area contributed by atoms with E-state index in [1.54, 1.807) is 0 Å². The molecule has 2 aromatic rings. The van der Waals surface area contributed by atoms with Crippen molar-refractivity contribution in [1.29, 1.82) is 0 Å². The second-order valence-corrected chi connectivity index (χ2v) is 5.09. The van der Waals surface area contributed by atoms with Crippen LogP contribution in [0.25, 0.3) is 0 Å². The van der Waals surface area contributed by atoms with Gasteiger partial charge in [-0.15, -0.1) is 0 Å². The third kappa shape index (κ3) is 3.77. The molecule has 2 rings (SSSR count). The normalized spacial score (nSPS) is 11.9. The highest BCUT2D eigenvalue weighted by atomic mass is 16.5. The summed E-state index contributed by atoms with van der Waals surface area (Å²) in [6.45, 7) is 7.21. The average Bonchev–Trinajstić information content (AvgIpc) is 2.46. The molecule has 0 aliphatic rings. The first-order valence-electron chi connectivity index (χ1n) is 7.24. The van der Waals surface area contributed by atoms with E-state index >= 15 is 0 Å². The Morgan fingerprint density at radius 2 is 1.80 bits per heavy atom. The fourth-order valence-corrected chi connectivity index (χ4v) is 2.29. The third-order valence-corrected chi connectivity index (χ3v) is 3.39. The quantitative estimate of drug-likeness (QED) is 0.837. The first-order chi connectivity index (χ1) is 9.70. The summed E-state index contributed by atoms with van der Waals surface area (Å²) in [5, 5.41) is 3.53. The monoisotopic (exact) mass is 269 g/mol. The highest BCUT2D eigenvalue weighted by Crippen LogP contribution is 2.21. The van der Waals surface area contributed by atoms with Crippen molar-refractivity contribution in [2.45, 2.75) is 33.3 Å². The average molecular weight is 269 g/mol. The van der Waals surface area contributed by atoms with E-state index in [1.165, 1.54) is 16.8 Å². The zero-order valence-corrected chi connectivity index (χ0v) is 12.5. The lowest BCUT2D eigenvalue weighted by molar-refractivity contribution is 0.234. The molecular weight excluding hydrogens is 246 g/mol. The standard InChI is InChI=1S/C18H23NO/c1-4-16-10-8-9-14(2)18(16)19-13-15(3)20-17-11-6-5-7-12-17/h5-12,15,19H,4,13H2,1-3H3. The van der Waals surface area contributed by atoms with E-state index in [0.29, 0.717) is 0 Å². The van der Waals surface area contributed by atoms with Gasteiger partial charge in [-0.3, -0.25) is 0 Å². The number of benzene rings is 2. The number of anilines is 1. The molecule has 1 N–H and O–H groups in total. The lowest BCUT2D eigenvalue weighted by atomic mass is 10.1. The molecule has 2 nitrogen and oxygen atoms in total. The first kappa shape index (κ1) is 14.4. The van der Waals surface area contributed by atoms with Crippen LogP contribution in [0.1, 0.15) is 25.0 Å². The van der Waals surface area contributed by atoms with Crippen LogP contribution in [0.5, 0.6) is 5.75 Å². The van der Waals surface area contributed by atoms with Gasteiger partial charge in [0.2, 0.25) is 0 Å². The van der Waals surface area contributed by atoms with Gasteiger partial charge in [0.05, 0.1) is 6.54 Å². The van der Waals surface area contributed by atoms with E-state index in [1.807, 2.05) is 30.3 Å². The minimum Gasteiger partial charge on any atom is -0.489 e. The zero-order chi connectivity index (χ0) is 14.4. The van der Waals surface area contributed by atoms with Gasteiger partial charge in [0.1, 0.15) is 11.9 Å². The van der Waals surface area contributed by atoms with Gasteiger partial charge in [-0.25, -0.2) is 0 Å². The number of hydrogen-bond donors (Lipinski definition) is 1. The topological polar surface area (TPSA) is 21.3 Å². The van der Waals surface area contributed by atoms with Crippen molar-refractivity contribution in [3.63, 3.8) is 0 Å². The van der Waals surface area contributed by atoms with Crippen LogP contribution in [0.15, 0.2) is 48.5 Å². The Morgan fingerprint density at radius 1 is 1.05 bits per heavy atom. The van der Waals surface area contributed by atoms with Gasteiger partial charge in [0, 0.05) is 5.69 Å². The van der Waals surface area contributed by atoms with Gasteiger partial charge in [-0.1, -0.05) is 43.3 Å². The maximum Gasteiger partial charge on any atom is 0.119 e. The van der Waals surface area contributed by atoms with Crippen LogP contribution < -0.4 is 10.1 Å². The predicted octanol–water partition coefficient (Wildman–Crippen LogP) is 4.44. The summed E-state index contributed by atoms with van der Waals surface area (Å²) in [6, 6.07) is 16.4. The summed E-state index contributed by atoms with van der Waals surface area (Å²) in [4.78, 5) is 0. The molecule has 2 heteroatoms. The van der Waals surface area contributed by atoms with E-state index in [-0.39, 0.29) is 6.10 Å². The molecule has 0 aliphatic carbocycles. The molecule has 0 fully saturated rings. The smallest absolute Gasteiger partial charge is 0.119 e. The van der Waals surface area contributed by atoms with Crippen molar-refractivity contribution >= 4 is 5.69 Å². The lowest BCUT2D eigenvalue weighted by Gasteiger charge is -2.19. The number of ether oxygens (including phenoxy) is 1. The maximum absolute atomic E-state index is 5.89. The van der Waals surface area contributed by atoms with Gasteiger partial charge in [-0.05, 0) is 43.5 Å². The van der Waals surface area contributed by atoms with E-state index in [0.717, 1.165) is 18.7 Å². The molecule has 0 aromatic heterocycles. The molecule has 0 bridgehead atoms. The van der Waals surface area contributed by atoms with Gasteiger partial charge in [0.25, 0.3) is 0 Å². The maximum atomic E-state index is 5.89. The van der Waals surface area contributed by atoms with E-state index in [2.05, 4.69) is 44.3 Å². The number of aryl methyl sites for hydroxylation is 2. The molecule has 0 heterocycles. The van der Waals surface area contributed by atoms with Crippen molar-refractivity contribution in [3.05, 3.63) is 59.7 Å². The highest BCUT2D eigenvalue weighted by molar-refractivity contribution is 5.57. The predicted molar refractivity (Wildman–Crippen MR) is 85.6 cm³/mol. The second-order valence-electron chi connectivity index (χ2n) is 5.09. The Morgan fingerprint density at radius 3 is 2.50 bits per heavy atom. The molecule has 0 amide bonds. The fourth-order valence-electron chi connectivity index (χ4n) is 2.29. The molecule has 2 aromatic carbocycles. The van der Waals surface area contributed by atoms with Crippen LogP contribution in [0.3, 0.4) is 0 Å². The molecule has 20 heavy (non-hydrogen) atoms. The van der Waals surface area contributed by atoms with Crippen molar-refractivity contribution in [2.75, 3.05) is 11.9 Å². The van der Waals surface area contributed by atoms with Crippen LogP contribution in [0.4, 0.5) is 5.69 Å². The van der Waals surface area contributed by atoms with Gasteiger partial charge >= 0.3 is 0 Å². The molecule has 0 aliphatic heterocycles. The fraction of sp³-hybridized carbons (Fsp3) is 0.333. The van der Waals surface area contributed by atoms with Crippen LogP contribution >= 0.6 is 0 Å². The molecule has 0 saturated carbocycles. The Bertz CT molecular complexity index is 536. The summed E-state index contributed by atoms with van der Waals surface area (Å²) in [7, 11) is 0. The van der Waals surface area contributed by atoms with Crippen LogP contribution in [0.2, 0.25) is 0 Å². The summed E-state index contributed by atoms with van der Waals surface area (Å²) in [5.74, 6) is 0.919. The zero-order valence-electron chi connectivity index (χ0n) is 12.5. The number of para-hydroxylation sites is 2. The van der Waals surface area contributed by atoms with Gasteiger partial charge < -0.3 is 10.1 Å². The largest absolute Gasteiger partial charge is 0.489 e. The van der Waals surface area contributed by atoms with Crippen molar-refractivity contribution in [2.24, 2.45) is 0 Å². The van der Waals surface area contributed by atoms with Crippen molar-refractivity contribution in [1.82, 2.24) is 0 Å². The minimum atomic E-state index is 0.127. The molecule has 1 unspecified atom stereocenters. The number of hydrogen-bond acceptors (Lipinski definition) is 2. The Hall–Kier alpha value is -1.96. The van der Waals surface area contributed by atoms with E-state index < -0.39 is 0 Å². The SMILES string of the molecule is CCc1cccc(C)c1NCC(C)Oc1ccccc1. The molecule has 0 spiro atoms. The second kappa shape index (κ2) is 6.99. The van der Waals surface area contributed by atoms with Crippen molar-refractivity contribution < 1.29 is 4.74 Å². The van der Waals surface area contributed by atoms with Crippen LogP contribution in [-0.4, -0.2) is 12.6 Å². The van der Waals surface area contributed by atoms with Crippen LogP contribution in [-0.2, 0) is 6.42 Å². The minimum absolute atomic E-state index is 0.127. The molecule has 106 valence electrons.